The van der Waals surface area contributed by atoms with Gasteiger partial charge in [0, 0.05) is 0 Å². The molecular formula is C19H22N2O7S. The standard InChI is InChI=1S/C19H22N2O7S/c1-19(2,3)28-16(23)9-21-17(24)14(29-18(21)25)8-11-5-6-12(13(7-11)26-4)27-10-15(20)22/h5-8H,9-10H2,1-4H3,(H2,20,22)/b14-8-. The molecule has 1 aromatic rings. The molecule has 29 heavy (non-hydrogen) atoms. The Labute approximate surface area is 172 Å². The second kappa shape index (κ2) is 8.99. The van der Waals surface area contributed by atoms with Crippen molar-refractivity contribution in [3.63, 3.8) is 0 Å². The summed E-state index contributed by atoms with van der Waals surface area (Å²) >= 11 is 0.726. The van der Waals surface area contributed by atoms with Crippen LogP contribution in [0, 0.1) is 0 Å². The van der Waals surface area contributed by atoms with E-state index in [-0.39, 0.29) is 11.5 Å². The Morgan fingerprint density at radius 1 is 1.21 bits per heavy atom. The Bertz CT molecular complexity index is 874. The summed E-state index contributed by atoms with van der Waals surface area (Å²) in [5.41, 5.74) is 4.90. The fourth-order valence-electron chi connectivity index (χ4n) is 2.33. The maximum absolute atomic E-state index is 12.5. The van der Waals surface area contributed by atoms with E-state index >= 15 is 0 Å². The van der Waals surface area contributed by atoms with Gasteiger partial charge in [-0.1, -0.05) is 6.07 Å². The van der Waals surface area contributed by atoms with Crippen molar-refractivity contribution in [2.75, 3.05) is 20.3 Å². The molecule has 1 aromatic carbocycles. The average Bonchev–Trinajstić information content (AvgIpc) is 2.86. The van der Waals surface area contributed by atoms with Crippen LogP contribution in [-0.2, 0) is 19.1 Å². The van der Waals surface area contributed by atoms with Gasteiger partial charge in [0.2, 0.25) is 0 Å². The molecule has 0 atom stereocenters. The molecule has 10 heteroatoms. The number of carbonyl (C=O) groups excluding carboxylic acids is 4. The zero-order valence-corrected chi connectivity index (χ0v) is 17.3. The van der Waals surface area contributed by atoms with Crippen molar-refractivity contribution >= 4 is 40.9 Å². The molecule has 1 aliphatic rings. The summed E-state index contributed by atoms with van der Waals surface area (Å²) in [6.45, 7) is 4.33. The fraction of sp³-hybridized carbons (Fsp3) is 0.368. The number of carbonyl (C=O) groups is 4. The van der Waals surface area contributed by atoms with E-state index in [1.165, 1.54) is 13.2 Å². The van der Waals surface area contributed by atoms with Gasteiger partial charge < -0.3 is 19.9 Å². The summed E-state index contributed by atoms with van der Waals surface area (Å²) in [5, 5.41) is -0.555. The number of amides is 3. The summed E-state index contributed by atoms with van der Waals surface area (Å²) in [5.74, 6) is -1.25. The minimum absolute atomic E-state index is 0.159. The number of nitrogens with zero attached hydrogens (tertiary/aromatic N) is 1. The molecule has 1 aliphatic heterocycles. The highest BCUT2D eigenvalue weighted by Gasteiger charge is 2.37. The van der Waals surface area contributed by atoms with Crippen molar-refractivity contribution in [1.82, 2.24) is 4.90 Å². The Kier molecular flexibility index (Phi) is 6.91. The predicted molar refractivity (Wildman–Crippen MR) is 106 cm³/mol. The van der Waals surface area contributed by atoms with E-state index in [2.05, 4.69) is 0 Å². The Morgan fingerprint density at radius 2 is 1.90 bits per heavy atom. The van der Waals surface area contributed by atoms with E-state index in [1.54, 1.807) is 39.0 Å². The number of ether oxygens (including phenoxy) is 3. The maximum atomic E-state index is 12.5. The Balaban J connectivity index is 2.16. The van der Waals surface area contributed by atoms with Gasteiger partial charge >= 0.3 is 5.97 Å². The SMILES string of the molecule is COc1cc(/C=C2\SC(=O)N(CC(=O)OC(C)(C)C)C2=O)ccc1OCC(N)=O. The topological polar surface area (TPSA) is 125 Å². The highest BCUT2D eigenvalue weighted by Crippen LogP contribution is 2.34. The number of primary amides is 1. The number of thioether (sulfide) groups is 1. The van der Waals surface area contributed by atoms with E-state index < -0.39 is 35.2 Å². The first-order valence-corrected chi connectivity index (χ1v) is 9.38. The average molecular weight is 422 g/mol. The highest BCUT2D eigenvalue weighted by atomic mass is 32.2. The molecule has 0 bridgehead atoms. The summed E-state index contributed by atoms with van der Waals surface area (Å²) in [6, 6.07) is 4.76. The van der Waals surface area contributed by atoms with Crippen LogP contribution in [0.2, 0.25) is 0 Å². The number of esters is 1. The molecule has 9 nitrogen and oxygen atoms in total. The molecule has 0 aliphatic carbocycles. The smallest absolute Gasteiger partial charge is 0.326 e. The number of benzene rings is 1. The van der Waals surface area contributed by atoms with E-state index in [4.69, 9.17) is 19.9 Å². The predicted octanol–water partition coefficient (Wildman–Crippen LogP) is 1.94. The first-order chi connectivity index (χ1) is 13.5. The van der Waals surface area contributed by atoms with Crippen LogP contribution in [0.4, 0.5) is 4.79 Å². The van der Waals surface area contributed by atoms with Gasteiger partial charge in [-0.3, -0.25) is 24.1 Å². The number of methoxy groups -OCH3 is 1. The number of hydrogen-bond acceptors (Lipinski definition) is 8. The van der Waals surface area contributed by atoms with Crippen molar-refractivity contribution in [1.29, 1.82) is 0 Å². The summed E-state index contributed by atoms with van der Waals surface area (Å²) in [6.07, 6.45) is 1.50. The van der Waals surface area contributed by atoms with E-state index in [1.807, 2.05) is 0 Å². The highest BCUT2D eigenvalue weighted by molar-refractivity contribution is 8.18. The van der Waals surface area contributed by atoms with Crippen LogP contribution < -0.4 is 15.2 Å². The maximum Gasteiger partial charge on any atom is 0.326 e. The minimum Gasteiger partial charge on any atom is -0.493 e. The summed E-state index contributed by atoms with van der Waals surface area (Å²) in [4.78, 5) is 48.5. The molecule has 0 aromatic heterocycles. The third-order valence-electron chi connectivity index (χ3n) is 3.44. The number of hydrogen-bond donors (Lipinski definition) is 1. The molecule has 2 rings (SSSR count). The second-order valence-electron chi connectivity index (χ2n) is 7.02. The molecule has 0 saturated carbocycles. The third kappa shape index (κ3) is 6.24. The van der Waals surface area contributed by atoms with E-state index in [9.17, 15) is 19.2 Å². The Hall–Kier alpha value is -3.01. The first-order valence-electron chi connectivity index (χ1n) is 8.56. The molecule has 2 N–H and O–H groups in total. The monoisotopic (exact) mass is 422 g/mol. The minimum atomic E-state index is -0.719. The molecule has 0 unspecified atom stereocenters. The van der Waals surface area contributed by atoms with Gasteiger partial charge in [-0.25, -0.2) is 0 Å². The lowest BCUT2D eigenvalue weighted by Crippen LogP contribution is -2.37. The molecule has 1 fully saturated rings. The van der Waals surface area contributed by atoms with Gasteiger partial charge in [0.05, 0.1) is 12.0 Å². The van der Waals surface area contributed by atoms with Gasteiger partial charge in [0.25, 0.3) is 17.1 Å². The van der Waals surface area contributed by atoms with Gasteiger partial charge in [-0.15, -0.1) is 0 Å². The van der Waals surface area contributed by atoms with Gasteiger partial charge in [0.15, 0.2) is 18.1 Å². The van der Waals surface area contributed by atoms with Gasteiger partial charge in [-0.2, -0.15) is 0 Å². The van der Waals surface area contributed by atoms with Crippen molar-refractivity contribution in [3.8, 4) is 11.5 Å². The van der Waals surface area contributed by atoms with Crippen molar-refractivity contribution in [2.24, 2.45) is 5.73 Å². The van der Waals surface area contributed by atoms with Crippen molar-refractivity contribution in [2.45, 2.75) is 26.4 Å². The van der Waals surface area contributed by atoms with Crippen LogP contribution >= 0.6 is 11.8 Å². The van der Waals surface area contributed by atoms with E-state index in [0.29, 0.717) is 17.1 Å². The molecule has 0 spiro atoms. The normalized spacial score (nSPS) is 15.6. The Morgan fingerprint density at radius 3 is 2.48 bits per heavy atom. The van der Waals surface area contributed by atoms with Crippen LogP contribution in [0.3, 0.4) is 0 Å². The molecular weight excluding hydrogens is 400 g/mol. The fourth-order valence-corrected chi connectivity index (χ4v) is 3.17. The number of nitrogens with two attached hydrogens (primary N) is 1. The zero-order valence-electron chi connectivity index (χ0n) is 16.5. The lowest BCUT2D eigenvalue weighted by Gasteiger charge is -2.21. The van der Waals surface area contributed by atoms with Crippen LogP contribution in [-0.4, -0.2) is 53.8 Å². The molecule has 1 heterocycles. The molecule has 0 radical (unpaired) electrons. The molecule has 156 valence electrons. The quantitative estimate of drug-likeness (QED) is 0.522. The summed E-state index contributed by atoms with van der Waals surface area (Å²) < 4.78 is 15.6. The van der Waals surface area contributed by atoms with Crippen molar-refractivity contribution in [3.05, 3.63) is 28.7 Å². The van der Waals surface area contributed by atoms with Crippen LogP contribution in [0.15, 0.2) is 23.1 Å². The zero-order chi connectivity index (χ0) is 21.8. The van der Waals surface area contributed by atoms with Gasteiger partial charge in [0.1, 0.15) is 12.1 Å². The second-order valence-corrected chi connectivity index (χ2v) is 8.01. The third-order valence-corrected chi connectivity index (χ3v) is 4.34. The largest absolute Gasteiger partial charge is 0.493 e. The molecule has 3 amide bonds. The first kappa shape index (κ1) is 22.3. The van der Waals surface area contributed by atoms with E-state index in [0.717, 1.165) is 16.7 Å². The molecule has 1 saturated heterocycles. The summed E-state index contributed by atoms with van der Waals surface area (Å²) in [7, 11) is 1.42. The number of rotatable bonds is 7. The van der Waals surface area contributed by atoms with Crippen LogP contribution in [0.25, 0.3) is 6.08 Å². The van der Waals surface area contributed by atoms with Crippen LogP contribution in [0.1, 0.15) is 26.3 Å². The lowest BCUT2D eigenvalue weighted by molar-refractivity contribution is -0.156. The van der Waals surface area contributed by atoms with Gasteiger partial charge in [-0.05, 0) is 56.3 Å². The lowest BCUT2D eigenvalue weighted by atomic mass is 10.2. The van der Waals surface area contributed by atoms with Crippen LogP contribution in [0.5, 0.6) is 11.5 Å². The number of imide groups is 1. The van der Waals surface area contributed by atoms with Crippen molar-refractivity contribution < 1.29 is 33.4 Å².